The summed E-state index contributed by atoms with van der Waals surface area (Å²) in [5.41, 5.74) is 0.517. The van der Waals surface area contributed by atoms with Crippen molar-refractivity contribution in [1.82, 2.24) is 20.0 Å². The second kappa shape index (κ2) is 7.08. The summed E-state index contributed by atoms with van der Waals surface area (Å²) in [6.07, 6.45) is 3.70. The first kappa shape index (κ1) is 17.2. The number of carbonyl (C=O) groups is 1. The van der Waals surface area contributed by atoms with Gasteiger partial charge in [0.1, 0.15) is 0 Å². The van der Waals surface area contributed by atoms with E-state index < -0.39 is 0 Å². The molecule has 1 N–H and O–H groups in total. The molecule has 0 aromatic rings. The summed E-state index contributed by atoms with van der Waals surface area (Å²) in [5, 5.41) is 3.07. The molecule has 1 aliphatic carbocycles. The Hall–Kier alpha value is -0.650. The molecule has 2 heterocycles. The molecule has 0 aromatic heterocycles. The lowest BCUT2D eigenvalue weighted by Crippen LogP contribution is -2.52. The molecule has 23 heavy (non-hydrogen) atoms. The summed E-state index contributed by atoms with van der Waals surface area (Å²) in [4.78, 5) is 19.0. The molecule has 3 rings (SSSR count). The normalized spacial score (nSPS) is 33.3. The predicted octanol–water partition coefficient (Wildman–Crippen LogP) is 1.00. The van der Waals surface area contributed by atoms with E-state index in [4.69, 9.17) is 0 Å². The largest absolute Gasteiger partial charge is 0.354 e. The van der Waals surface area contributed by atoms with Crippen molar-refractivity contribution in [2.24, 2.45) is 5.41 Å². The monoisotopic (exact) mass is 322 g/mol. The van der Waals surface area contributed by atoms with Gasteiger partial charge in [-0.15, -0.1) is 0 Å². The van der Waals surface area contributed by atoms with Crippen molar-refractivity contribution in [2.75, 3.05) is 52.4 Å². The second-order valence-electron chi connectivity index (χ2n) is 8.30. The van der Waals surface area contributed by atoms with E-state index in [1.165, 1.54) is 71.6 Å². The smallest absolute Gasteiger partial charge is 0.217 e. The highest BCUT2D eigenvalue weighted by Crippen LogP contribution is 2.48. The number of piperazine rings is 1. The van der Waals surface area contributed by atoms with Crippen molar-refractivity contribution in [3.8, 4) is 0 Å². The van der Waals surface area contributed by atoms with Gasteiger partial charge in [0.15, 0.2) is 0 Å². The van der Waals surface area contributed by atoms with Crippen LogP contribution in [0.5, 0.6) is 0 Å². The Morgan fingerprint density at radius 2 is 1.74 bits per heavy atom. The predicted molar refractivity (Wildman–Crippen MR) is 93.5 cm³/mol. The van der Waals surface area contributed by atoms with Crippen molar-refractivity contribution >= 4 is 5.91 Å². The van der Waals surface area contributed by atoms with E-state index in [1.807, 2.05) is 0 Å². The zero-order valence-electron chi connectivity index (χ0n) is 15.2. The molecule has 3 fully saturated rings. The molecule has 2 aliphatic heterocycles. The fourth-order valence-electron chi connectivity index (χ4n) is 4.71. The first-order valence-corrected chi connectivity index (χ1v) is 9.42. The Bertz CT molecular complexity index is 411. The highest BCUT2D eigenvalue weighted by Gasteiger charge is 2.48. The van der Waals surface area contributed by atoms with Crippen molar-refractivity contribution in [3.63, 3.8) is 0 Å². The van der Waals surface area contributed by atoms with Crippen LogP contribution in [0, 0.1) is 5.41 Å². The van der Waals surface area contributed by atoms with Crippen LogP contribution < -0.4 is 5.32 Å². The van der Waals surface area contributed by atoms with Crippen molar-refractivity contribution in [1.29, 1.82) is 0 Å². The molecule has 3 aliphatic rings. The number of likely N-dealkylation sites (tertiary alicyclic amines) is 1. The van der Waals surface area contributed by atoms with Crippen LogP contribution in [0.4, 0.5) is 0 Å². The second-order valence-corrected chi connectivity index (χ2v) is 8.30. The third-order valence-electron chi connectivity index (χ3n) is 6.15. The Labute approximate surface area is 141 Å². The van der Waals surface area contributed by atoms with Crippen LogP contribution >= 0.6 is 0 Å². The van der Waals surface area contributed by atoms with E-state index in [9.17, 15) is 4.79 Å². The summed E-state index contributed by atoms with van der Waals surface area (Å²) in [6, 6.07) is 1.13. The minimum atomic E-state index is 0.125. The van der Waals surface area contributed by atoms with Crippen LogP contribution in [0.25, 0.3) is 0 Å². The van der Waals surface area contributed by atoms with E-state index >= 15 is 0 Å². The van der Waals surface area contributed by atoms with Gasteiger partial charge in [-0.3, -0.25) is 14.6 Å². The first-order chi connectivity index (χ1) is 11.0. The molecule has 0 radical (unpaired) electrons. The SMILES string of the molecule is CC(=O)NC1CC2(CCN(CCN3CCN(C(C)C)CC3)C2)C1. The van der Waals surface area contributed by atoms with Gasteiger partial charge in [0, 0.05) is 64.8 Å². The van der Waals surface area contributed by atoms with Gasteiger partial charge in [-0.05, 0) is 45.1 Å². The molecule has 2 saturated heterocycles. The van der Waals surface area contributed by atoms with Crippen LogP contribution in [-0.2, 0) is 4.79 Å². The van der Waals surface area contributed by atoms with E-state index in [-0.39, 0.29) is 5.91 Å². The Kier molecular flexibility index (Phi) is 5.29. The summed E-state index contributed by atoms with van der Waals surface area (Å²) in [6.45, 7) is 16.0. The topological polar surface area (TPSA) is 38.8 Å². The van der Waals surface area contributed by atoms with E-state index in [1.54, 1.807) is 6.92 Å². The zero-order valence-corrected chi connectivity index (χ0v) is 15.2. The van der Waals surface area contributed by atoms with Gasteiger partial charge >= 0.3 is 0 Å². The van der Waals surface area contributed by atoms with Gasteiger partial charge in [0.2, 0.25) is 5.91 Å². The van der Waals surface area contributed by atoms with Crippen molar-refractivity contribution < 1.29 is 4.79 Å². The summed E-state index contributed by atoms with van der Waals surface area (Å²) < 4.78 is 0. The maximum absolute atomic E-state index is 11.1. The first-order valence-electron chi connectivity index (χ1n) is 9.42. The maximum atomic E-state index is 11.1. The third kappa shape index (κ3) is 4.25. The average Bonchev–Trinajstić information content (AvgIpc) is 2.89. The number of nitrogens with zero attached hydrogens (tertiary/aromatic N) is 3. The van der Waals surface area contributed by atoms with Crippen LogP contribution in [0.3, 0.4) is 0 Å². The quantitative estimate of drug-likeness (QED) is 0.820. The Morgan fingerprint density at radius 3 is 2.35 bits per heavy atom. The fourth-order valence-corrected chi connectivity index (χ4v) is 4.71. The third-order valence-corrected chi connectivity index (χ3v) is 6.15. The van der Waals surface area contributed by atoms with Gasteiger partial charge in [0.05, 0.1) is 0 Å². The average molecular weight is 322 g/mol. The standard InChI is InChI=1S/C18H34N4O/c1-15(2)22-10-8-20(9-11-22)6-7-21-5-4-18(14-21)12-17(13-18)19-16(3)23/h15,17H,4-14H2,1-3H3,(H,19,23). The molecule has 0 unspecified atom stereocenters. The summed E-state index contributed by atoms with van der Waals surface area (Å²) >= 11 is 0. The van der Waals surface area contributed by atoms with E-state index in [0.29, 0.717) is 17.5 Å². The van der Waals surface area contributed by atoms with Crippen molar-refractivity contribution in [3.05, 3.63) is 0 Å². The molecule has 0 bridgehead atoms. The summed E-state index contributed by atoms with van der Waals surface area (Å²) in [7, 11) is 0. The highest BCUT2D eigenvalue weighted by molar-refractivity contribution is 5.73. The Balaban J connectivity index is 1.33. The van der Waals surface area contributed by atoms with Crippen LogP contribution in [0.2, 0.25) is 0 Å². The molecule has 1 spiro atoms. The molecule has 0 aromatic carbocycles. The molecule has 0 atom stereocenters. The lowest BCUT2D eigenvalue weighted by Gasteiger charge is -2.45. The minimum absolute atomic E-state index is 0.125. The van der Waals surface area contributed by atoms with Crippen LogP contribution in [-0.4, -0.2) is 85.0 Å². The van der Waals surface area contributed by atoms with Gasteiger partial charge < -0.3 is 10.2 Å². The van der Waals surface area contributed by atoms with Crippen LogP contribution in [0.1, 0.15) is 40.0 Å². The minimum Gasteiger partial charge on any atom is -0.354 e. The molecule has 1 saturated carbocycles. The van der Waals surface area contributed by atoms with Gasteiger partial charge in [-0.25, -0.2) is 0 Å². The number of nitrogens with one attached hydrogen (secondary N) is 1. The van der Waals surface area contributed by atoms with Gasteiger partial charge in [-0.1, -0.05) is 0 Å². The number of hydrogen-bond acceptors (Lipinski definition) is 4. The van der Waals surface area contributed by atoms with E-state index in [0.717, 1.165) is 0 Å². The number of hydrogen-bond donors (Lipinski definition) is 1. The number of rotatable bonds is 5. The zero-order chi connectivity index (χ0) is 16.4. The maximum Gasteiger partial charge on any atom is 0.217 e. The highest BCUT2D eigenvalue weighted by atomic mass is 16.1. The van der Waals surface area contributed by atoms with E-state index in [2.05, 4.69) is 33.9 Å². The Morgan fingerprint density at radius 1 is 1.09 bits per heavy atom. The lowest BCUT2D eigenvalue weighted by molar-refractivity contribution is -0.121. The van der Waals surface area contributed by atoms with Gasteiger partial charge in [-0.2, -0.15) is 0 Å². The van der Waals surface area contributed by atoms with Crippen molar-refractivity contribution in [2.45, 2.75) is 52.1 Å². The molecule has 132 valence electrons. The summed E-state index contributed by atoms with van der Waals surface area (Å²) in [5.74, 6) is 0.125. The number of amides is 1. The molecular formula is C18H34N4O. The molecular weight excluding hydrogens is 288 g/mol. The molecule has 1 amide bonds. The number of carbonyl (C=O) groups excluding carboxylic acids is 1. The van der Waals surface area contributed by atoms with Gasteiger partial charge in [0.25, 0.3) is 0 Å². The fraction of sp³-hybridized carbons (Fsp3) is 0.944. The molecule has 5 nitrogen and oxygen atoms in total. The van der Waals surface area contributed by atoms with Crippen LogP contribution in [0.15, 0.2) is 0 Å². The lowest BCUT2D eigenvalue weighted by atomic mass is 9.65. The molecule has 5 heteroatoms.